The van der Waals surface area contributed by atoms with Crippen LogP contribution in [0.4, 0.5) is 11.4 Å². The Kier molecular flexibility index (Phi) is 7.63. The third kappa shape index (κ3) is 5.67. The summed E-state index contributed by atoms with van der Waals surface area (Å²) in [5.74, 6) is 1.01. The van der Waals surface area contributed by atoms with E-state index in [0.717, 1.165) is 44.5 Å². The van der Waals surface area contributed by atoms with E-state index in [2.05, 4.69) is 10.6 Å². The maximum atomic E-state index is 12.9. The van der Waals surface area contributed by atoms with Crippen molar-refractivity contribution < 1.29 is 23.5 Å². The van der Waals surface area contributed by atoms with E-state index in [1.165, 1.54) is 6.92 Å². The van der Waals surface area contributed by atoms with Crippen molar-refractivity contribution in [3.05, 3.63) is 78.1 Å². The minimum absolute atomic E-state index is 0.153. The molecule has 0 saturated heterocycles. The molecule has 0 radical (unpaired) electrons. The molecule has 2 N–H and O–H groups in total. The molecule has 190 valence electrons. The predicted octanol–water partition coefficient (Wildman–Crippen LogP) is 6.82. The first-order valence-electron chi connectivity index (χ1n) is 12.0. The minimum atomic E-state index is -0.273. The zero-order valence-electron chi connectivity index (χ0n) is 21.6. The summed E-state index contributed by atoms with van der Waals surface area (Å²) < 4.78 is 17.4. The Hall–Kier alpha value is -4.52. The van der Waals surface area contributed by atoms with Gasteiger partial charge in [-0.2, -0.15) is 0 Å². The van der Waals surface area contributed by atoms with Crippen molar-refractivity contribution in [2.45, 2.75) is 27.7 Å². The zero-order chi connectivity index (χ0) is 26.5. The molecule has 0 fully saturated rings. The molecule has 1 heterocycles. The number of anilines is 2. The normalized spacial score (nSPS) is 11.3. The third-order valence-corrected chi connectivity index (χ3v) is 5.96. The molecule has 0 aliphatic heterocycles. The lowest BCUT2D eigenvalue weighted by Gasteiger charge is -2.15. The number of furan rings is 1. The molecule has 0 aliphatic rings. The predicted molar refractivity (Wildman–Crippen MR) is 147 cm³/mol. The second kappa shape index (κ2) is 11.0. The Morgan fingerprint density at radius 2 is 1.70 bits per heavy atom. The second-order valence-electron chi connectivity index (χ2n) is 8.64. The van der Waals surface area contributed by atoms with Crippen molar-refractivity contribution in [3.8, 4) is 22.6 Å². The number of carbonyl (C=O) groups excluding carboxylic acids is 2. The van der Waals surface area contributed by atoms with Crippen molar-refractivity contribution in [3.63, 3.8) is 0 Å². The van der Waals surface area contributed by atoms with Crippen LogP contribution in [0.15, 0.2) is 71.4 Å². The largest absolute Gasteiger partial charge is 0.497 e. The summed E-state index contributed by atoms with van der Waals surface area (Å²) in [5, 5.41) is 6.50. The van der Waals surface area contributed by atoms with Crippen LogP contribution in [0.1, 0.15) is 31.9 Å². The number of benzene rings is 3. The molecule has 0 spiro atoms. The van der Waals surface area contributed by atoms with Crippen molar-refractivity contribution in [1.82, 2.24) is 0 Å². The summed E-state index contributed by atoms with van der Waals surface area (Å²) in [5.41, 5.74) is 6.34. The lowest BCUT2D eigenvalue weighted by Crippen LogP contribution is -2.09. The molecule has 4 aromatic rings. The summed E-state index contributed by atoms with van der Waals surface area (Å²) >= 11 is 0. The Labute approximate surface area is 216 Å². The van der Waals surface area contributed by atoms with E-state index in [1.807, 2.05) is 51.1 Å². The van der Waals surface area contributed by atoms with Crippen LogP contribution in [0.3, 0.4) is 0 Å². The summed E-state index contributed by atoms with van der Waals surface area (Å²) in [7, 11) is 1.64. The summed E-state index contributed by atoms with van der Waals surface area (Å²) in [4.78, 5) is 24.1. The standard InChI is InChI=1S/C30H30N2O5/c1-6-36-29-19(3)30-26(27(17-37-30)21-8-7-9-24(15-21)35-5)16-25(29)18(2)14-28(34)32-23-12-10-22(11-13-23)31-20(4)33/h7-17H,6H2,1-5H3,(H,31,33)(H,32,34)/b18-14+. The lowest BCUT2D eigenvalue weighted by molar-refractivity contribution is -0.114. The lowest BCUT2D eigenvalue weighted by atomic mass is 9.96. The van der Waals surface area contributed by atoms with Crippen LogP contribution in [0.2, 0.25) is 0 Å². The first-order valence-corrected chi connectivity index (χ1v) is 12.0. The zero-order valence-corrected chi connectivity index (χ0v) is 21.6. The molecule has 7 heteroatoms. The molecule has 0 bridgehead atoms. The third-order valence-electron chi connectivity index (χ3n) is 5.96. The fourth-order valence-electron chi connectivity index (χ4n) is 4.25. The van der Waals surface area contributed by atoms with E-state index in [9.17, 15) is 9.59 Å². The minimum Gasteiger partial charge on any atom is -0.497 e. The van der Waals surface area contributed by atoms with Gasteiger partial charge in [0.05, 0.1) is 20.0 Å². The first-order chi connectivity index (χ1) is 17.8. The number of amides is 2. The molecule has 2 amide bonds. The smallest absolute Gasteiger partial charge is 0.248 e. The molecule has 0 saturated carbocycles. The highest BCUT2D eigenvalue weighted by atomic mass is 16.5. The fraction of sp³-hybridized carbons (Fsp3) is 0.200. The van der Waals surface area contributed by atoms with Crippen LogP contribution in [0.5, 0.6) is 11.5 Å². The van der Waals surface area contributed by atoms with Crippen LogP contribution in [0.25, 0.3) is 27.7 Å². The van der Waals surface area contributed by atoms with Gasteiger partial charge in [-0.25, -0.2) is 0 Å². The summed E-state index contributed by atoms with van der Waals surface area (Å²) in [6.45, 7) is 7.69. The molecule has 3 aromatic carbocycles. The monoisotopic (exact) mass is 498 g/mol. The topological polar surface area (TPSA) is 89.8 Å². The van der Waals surface area contributed by atoms with Gasteiger partial charge < -0.3 is 24.5 Å². The molecular weight excluding hydrogens is 468 g/mol. The second-order valence-corrected chi connectivity index (χ2v) is 8.64. The maximum Gasteiger partial charge on any atom is 0.248 e. The Morgan fingerprint density at radius 3 is 2.35 bits per heavy atom. The first kappa shape index (κ1) is 25.6. The molecule has 0 aliphatic carbocycles. The number of aryl methyl sites for hydroxylation is 1. The molecule has 0 unspecified atom stereocenters. The number of methoxy groups -OCH3 is 1. The SMILES string of the molecule is CCOc1c(/C(C)=C/C(=O)Nc2ccc(NC(C)=O)cc2)cc2c(-c3cccc(OC)c3)coc2c1C. The summed E-state index contributed by atoms with van der Waals surface area (Å²) in [6.07, 6.45) is 3.29. The van der Waals surface area contributed by atoms with Gasteiger partial charge in [0.15, 0.2) is 0 Å². The van der Waals surface area contributed by atoms with Crippen LogP contribution in [-0.4, -0.2) is 25.5 Å². The number of hydrogen-bond acceptors (Lipinski definition) is 5. The summed E-state index contributed by atoms with van der Waals surface area (Å²) in [6, 6.07) is 16.7. The van der Waals surface area contributed by atoms with Crippen molar-refractivity contribution in [2.24, 2.45) is 0 Å². The molecule has 4 rings (SSSR count). The van der Waals surface area contributed by atoms with Gasteiger partial charge in [0.25, 0.3) is 0 Å². The number of hydrogen-bond donors (Lipinski definition) is 2. The van der Waals surface area contributed by atoms with Crippen LogP contribution < -0.4 is 20.1 Å². The van der Waals surface area contributed by atoms with Crippen molar-refractivity contribution in [2.75, 3.05) is 24.4 Å². The van der Waals surface area contributed by atoms with Gasteiger partial charge in [-0.05, 0) is 74.4 Å². The van der Waals surface area contributed by atoms with Gasteiger partial charge in [0, 0.05) is 46.5 Å². The van der Waals surface area contributed by atoms with E-state index in [0.29, 0.717) is 23.7 Å². The Morgan fingerprint density at radius 1 is 1.00 bits per heavy atom. The van der Waals surface area contributed by atoms with Gasteiger partial charge in [-0.3, -0.25) is 9.59 Å². The van der Waals surface area contributed by atoms with E-state index in [-0.39, 0.29) is 11.8 Å². The number of rotatable bonds is 8. The van der Waals surface area contributed by atoms with Crippen molar-refractivity contribution in [1.29, 1.82) is 0 Å². The molecule has 37 heavy (non-hydrogen) atoms. The average Bonchev–Trinajstić information content (AvgIpc) is 3.31. The number of allylic oxidation sites excluding steroid dienone is 1. The number of fused-ring (bicyclic) bond motifs is 1. The Balaban J connectivity index is 1.70. The van der Waals surface area contributed by atoms with Gasteiger partial charge in [0.2, 0.25) is 11.8 Å². The van der Waals surface area contributed by atoms with Crippen LogP contribution >= 0.6 is 0 Å². The van der Waals surface area contributed by atoms with Crippen LogP contribution in [-0.2, 0) is 9.59 Å². The van der Waals surface area contributed by atoms with Gasteiger partial charge in [-0.15, -0.1) is 0 Å². The fourth-order valence-corrected chi connectivity index (χ4v) is 4.25. The maximum absolute atomic E-state index is 12.9. The van der Waals surface area contributed by atoms with Gasteiger partial charge in [-0.1, -0.05) is 12.1 Å². The quantitative estimate of drug-likeness (QED) is 0.260. The van der Waals surface area contributed by atoms with Crippen LogP contribution in [0, 0.1) is 6.92 Å². The highest BCUT2D eigenvalue weighted by Gasteiger charge is 2.19. The molecule has 7 nitrogen and oxygen atoms in total. The highest BCUT2D eigenvalue weighted by molar-refractivity contribution is 6.06. The van der Waals surface area contributed by atoms with E-state index >= 15 is 0 Å². The molecular formula is C30H30N2O5. The highest BCUT2D eigenvalue weighted by Crippen LogP contribution is 2.41. The Bertz CT molecular complexity index is 1480. The number of ether oxygens (including phenoxy) is 2. The number of nitrogens with one attached hydrogen (secondary N) is 2. The van der Waals surface area contributed by atoms with Gasteiger partial charge in [0.1, 0.15) is 17.1 Å². The van der Waals surface area contributed by atoms with E-state index < -0.39 is 0 Å². The molecule has 0 atom stereocenters. The van der Waals surface area contributed by atoms with E-state index in [1.54, 1.807) is 43.7 Å². The number of carbonyl (C=O) groups is 2. The molecule has 1 aromatic heterocycles. The van der Waals surface area contributed by atoms with Crippen molar-refractivity contribution >= 4 is 39.7 Å². The van der Waals surface area contributed by atoms with Gasteiger partial charge >= 0.3 is 0 Å². The van der Waals surface area contributed by atoms with E-state index in [4.69, 9.17) is 13.9 Å². The average molecular weight is 499 g/mol.